The fourth-order valence-electron chi connectivity index (χ4n) is 4.45. The van der Waals surface area contributed by atoms with Gasteiger partial charge in [-0.1, -0.05) is 0 Å². The molecule has 2 aliphatic heterocycles. The zero-order valence-corrected chi connectivity index (χ0v) is 15.8. The molecule has 3 rings (SSSR count). The smallest absolute Gasteiger partial charge is 0.150 e. The van der Waals surface area contributed by atoms with Crippen LogP contribution in [0, 0.1) is 11.8 Å². The lowest BCUT2D eigenvalue weighted by Crippen LogP contribution is -2.43. The third-order valence-electron chi connectivity index (χ3n) is 5.90. The lowest BCUT2D eigenvalue weighted by atomic mass is 9.75. The monoisotopic (exact) mass is 361 g/mol. The minimum Gasteiger partial charge on any atom is -0.362 e. The summed E-state index contributed by atoms with van der Waals surface area (Å²) in [5.74, 6) is 2.69. The summed E-state index contributed by atoms with van der Waals surface area (Å²) in [4.78, 5) is 0. The highest BCUT2D eigenvalue weighted by Crippen LogP contribution is 2.37. The third kappa shape index (κ3) is 5.10. The van der Waals surface area contributed by atoms with Crippen molar-refractivity contribution in [3.8, 4) is 0 Å². The average molecular weight is 362 g/mol. The molecule has 0 aromatic rings. The van der Waals surface area contributed by atoms with Gasteiger partial charge in [-0.2, -0.15) is 11.8 Å². The van der Waals surface area contributed by atoms with Crippen molar-refractivity contribution in [3.05, 3.63) is 0 Å². The van der Waals surface area contributed by atoms with Gasteiger partial charge in [-0.25, -0.2) is 8.42 Å². The van der Waals surface area contributed by atoms with Crippen LogP contribution in [0.5, 0.6) is 0 Å². The van der Waals surface area contributed by atoms with Crippen LogP contribution < -0.4 is 5.32 Å². The van der Waals surface area contributed by atoms with E-state index in [-0.39, 0.29) is 11.5 Å². The molecule has 1 saturated carbocycles. The second kappa shape index (κ2) is 8.07. The largest absolute Gasteiger partial charge is 0.362 e. The highest BCUT2D eigenvalue weighted by Gasteiger charge is 2.34. The first-order chi connectivity index (χ1) is 11.0. The maximum Gasteiger partial charge on any atom is 0.150 e. The van der Waals surface area contributed by atoms with Gasteiger partial charge in [0.05, 0.1) is 11.9 Å². The fourth-order valence-corrected chi connectivity index (χ4v) is 6.75. The number of hydrogen-bond acceptors (Lipinski definition) is 5. The Balaban J connectivity index is 1.43. The average Bonchev–Trinajstić information content (AvgIpc) is 3.06. The van der Waals surface area contributed by atoms with Crippen LogP contribution in [0.2, 0.25) is 0 Å². The molecule has 3 atom stereocenters. The van der Waals surface area contributed by atoms with Crippen molar-refractivity contribution in [1.82, 2.24) is 5.32 Å². The van der Waals surface area contributed by atoms with Crippen molar-refractivity contribution in [2.45, 2.75) is 68.1 Å². The molecule has 0 amide bonds. The van der Waals surface area contributed by atoms with Crippen LogP contribution >= 0.6 is 11.8 Å². The van der Waals surface area contributed by atoms with E-state index in [1.165, 1.54) is 31.3 Å². The first-order valence-electron chi connectivity index (χ1n) is 9.18. The van der Waals surface area contributed by atoms with Crippen LogP contribution in [-0.2, 0) is 14.6 Å². The molecule has 1 aliphatic carbocycles. The molecule has 2 saturated heterocycles. The zero-order chi connectivity index (χ0) is 16.3. The van der Waals surface area contributed by atoms with Crippen LogP contribution in [0.25, 0.3) is 0 Å². The van der Waals surface area contributed by atoms with Gasteiger partial charge in [-0.15, -0.1) is 0 Å². The number of hydrogen-bond donors (Lipinski definition) is 1. The van der Waals surface area contributed by atoms with Crippen LogP contribution in [-0.4, -0.2) is 50.3 Å². The first-order valence-corrected chi connectivity index (χ1v) is 12.2. The van der Waals surface area contributed by atoms with E-state index in [0.29, 0.717) is 17.1 Å². The van der Waals surface area contributed by atoms with Gasteiger partial charge in [-0.3, -0.25) is 5.32 Å². The molecule has 3 unspecified atom stereocenters. The Morgan fingerprint density at radius 1 is 1.09 bits per heavy atom. The standard InChI is InChI=1S/C17H31NO3S2/c1-23(19,20)16-6-4-13(5-7-16)14-8-9-18-17(11-14)21-12-15-3-2-10-22-15/h13-18H,2-12H2,1H3. The molecular formula is C17H31NO3S2. The summed E-state index contributed by atoms with van der Waals surface area (Å²) in [5, 5.41) is 4.12. The van der Waals surface area contributed by atoms with Gasteiger partial charge in [0.2, 0.25) is 0 Å². The zero-order valence-electron chi connectivity index (χ0n) is 14.2. The molecule has 23 heavy (non-hydrogen) atoms. The van der Waals surface area contributed by atoms with E-state index < -0.39 is 9.84 Å². The van der Waals surface area contributed by atoms with Crippen molar-refractivity contribution >= 4 is 21.6 Å². The molecule has 0 spiro atoms. The normalized spacial score (nSPS) is 39.4. The Hall–Kier alpha value is 0.220. The molecule has 0 aromatic heterocycles. The predicted octanol–water partition coefficient (Wildman–Crippen LogP) is 2.83. The summed E-state index contributed by atoms with van der Waals surface area (Å²) >= 11 is 2.05. The summed E-state index contributed by atoms with van der Waals surface area (Å²) in [6.45, 7) is 1.93. The van der Waals surface area contributed by atoms with Gasteiger partial charge >= 0.3 is 0 Å². The lowest BCUT2D eigenvalue weighted by molar-refractivity contribution is -0.0138. The van der Waals surface area contributed by atoms with Crippen LogP contribution in [0.4, 0.5) is 0 Å². The second-order valence-corrected chi connectivity index (χ2v) is 11.3. The number of nitrogens with one attached hydrogen (secondary N) is 1. The van der Waals surface area contributed by atoms with Crippen molar-refractivity contribution in [3.63, 3.8) is 0 Å². The molecule has 1 N–H and O–H groups in total. The summed E-state index contributed by atoms with van der Waals surface area (Å²) in [6.07, 6.45) is 10.4. The molecule has 3 aliphatic rings. The Labute approximate surface area is 145 Å². The molecule has 134 valence electrons. The number of rotatable bonds is 5. The SMILES string of the molecule is CS(=O)(=O)C1CCC(C2CCNC(OCC3CCCS3)C2)CC1. The number of piperidine rings is 1. The van der Waals surface area contributed by atoms with Gasteiger partial charge < -0.3 is 4.74 Å². The molecule has 0 radical (unpaired) electrons. The van der Waals surface area contributed by atoms with Crippen LogP contribution in [0.15, 0.2) is 0 Å². The van der Waals surface area contributed by atoms with E-state index in [9.17, 15) is 8.42 Å². The van der Waals surface area contributed by atoms with E-state index in [1.54, 1.807) is 0 Å². The Morgan fingerprint density at radius 2 is 1.87 bits per heavy atom. The summed E-state index contributed by atoms with van der Waals surface area (Å²) in [5.41, 5.74) is 0. The van der Waals surface area contributed by atoms with E-state index in [1.807, 2.05) is 0 Å². The number of thioether (sulfide) groups is 1. The van der Waals surface area contributed by atoms with Gasteiger partial charge in [0.25, 0.3) is 0 Å². The van der Waals surface area contributed by atoms with Crippen molar-refractivity contribution in [1.29, 1.82) is 0 Å². The number of ether oxygens (including phenoxy) is 1. The summed E-state index contributed by atoms with van der Waals surface area (Å²) in [7, 11) is -2.85. The maximum absolute atomic E-state index is 11.7. The number of sulfone groups is 1. The third-order valence-corrected chi connectivity index (χ3v) is 8.95. The minimum atomic E-state index is -2.85. The van der Waals surface area contributed by atoms with E-state index in [4.69, 9.17) is 4.74 Å². The molecule has 6 heteroatoms. The highest BCUT2D eigenvalue weighted by molar-refractivity contribution is 8.00. The molecule has 2 heterocycles. The lowest BCUT2D eigenvalue weighted by Gasteiger charge is -2.38. The first kappa shape index (κ1) is 18.0. The van der Waals surface area contributed by atoms with Crippen molar-refractivity contribution in [2.24, 2.45) is 11.8 Å². The van der Waals surface area contributed by atoms with E-state index >= 15 is 0 Å². The van der Waals surface area contributed by atoms with Gasteiger partial charge in [-0.05, 0) is 75.5 Å². The Kier molecular flexibility index (Phi) is 6.32. The molecule has 0 aromatic carbocycles. The molecule has 3 fully saturated rings. The highest BCUT2D eigenvalue weighted by atomic mass is 32.2. The van der Waals surface area contributed by atoms with Crippen molar-refractivity contribution < 1.29 is 13.2 Å². The van der Waals surface area contributed by atoms with E-state index in [0.717, 1.165) is 45.3 Å². The van der Waals surface area contributed by atoms with E-state index in [2.05, 4.69) is 17.1 Å². The van der Waals surface area contributed by atoms with Gasteiger partial charge in [0.15, 0.2) is 0 Å². The summed E-state index contributed by atoms with van der Waals surface area (Å²) in [6, 6.07) is 0. The Bertz CT molecular complexity index is 468. The minimum absolute atomic E-state index is 0.0908. The van der Waals surface area contributed by atoms with Crippen LogP contribution in [0.3, 0.4) is 0 Å². The molecule has 0 bridgehead atoms. The summed E-state index contributed by atoms with van der Waals surface area (Å²) < 4.78 is 29.5. The van der Waals surface area contributed by atoms with Crippen molar-refractivity contribution in [2.75, 3.05) is 25.2 Å². The Morgan fingerprint density at radius 3 is 2.52 bits per heavy atom. The molecular weight excluding hydrogens is 330 g/mol. The van der Waals surface area contributed by atoms with Crippen LogP contribution in [0.1, 0.15) is 51.4 Å². The maximum atomic E-state index is 11.7. The van der Waals surface area contributed by atoms with Gasteiger partial charge in [0.1, 0.15) is 16.1 Å². The van der Waals surface area contributed by atoms with Gasteiger partial charge in [0, 0.05) is 11.5 Å². The fraction of sp³-hybridized carbons (Fsp3) is 1.00. The quantitative estimate of drug-likeness (QED) is 0.816. The molecule has 4 nitrogen and oxygen atoms in total. The topological polar surface area (TPSA) is 55.4 Å². The second-order valence-electron chi connectivity index (χ2n) is 7.56. The predicted molar refractivity (Wildman–Crippen MR) is 96.5 cm³/mol.